The second-order valence-electron chi connectivity index (χ2n) is 5.06. The van der Waals surface area contributed by atoms with Crippen LogP contribution >= 0.6 is 24.0 Å². The van der Waals surface area contributed by atoms with Crippen molar-refractivity contribution in [2.75, 3.05) is 32.1 Å². The second kappa shape index (κ2) is 10.8. The molecule has 0 saturated carbocycles. The van der Waals surface area contributed by atoms with Crippen molar-refractivity contribution >= 4 is 39.8 Å². The van der Waals surface area contributed by atoms with Crippen molar-refractivity contribution in [2.24, 2.45) is 4.99 Å². The largest absolute Gasteiger partial charge is 0.357 e. The molecule has 0 fully saturated rings. The van der Waals surface area contributed by atoms with Crippen molar-refractivity contribution in [2.45, 2.75) is 19.9 Å². The highest BCUT2D eigenvalue weighted by Crippen LogP contribution is 2.03. The SMILES string of the molecule is CCNC(=NCCCS(C)(=O)=O)N(C)Cc1ccccc1.I. The third kappa shape index (κ3) is 9.24. The molecule has 0 saturated heterocycles. The molecule has 0 aliphatic rings. The molecule has 0 aromatic heterocycles. The van der Waals surface area contributed by atoms with Crippen molar-refractivity contribution in [3.8, 4) is 0 Å². The van der Waals surface area contributed by atoms with Gasteiger partial charge in [-0.2, -0.15) is 0 Å². The monoisotopic (exact) mass is 439 g/mol. The van der Waals surface area contributed by atoms with Gasteiger partial charge in [-0.15, -0.1) is 24.0 Å². The number of guanidine groups is 1. The minimum atomic E-state index is -2.91. The Morgan fingerprint density at radius 1 is 1.27 bits per heavy atom. The molecule has 7 heteroatoms. The lowest BCUT2D eigenvalue weighted by molar-refractivity contribution is 0.477. The van der Waals surface area contributed by atoms with Crippen molar-refractivity contribution in [3.05, 3.63) is 35.9 Å². The lowest BCUT2D eigenvalue weighted by Crippen LogP contribution is -2.38. The summed E-state index contributed by atoms with van der Waals surface area (Å²) in [7, 11) is -0.929. The van der Waals surface area contributed by atoms with E-state index in [1.54, 1.807) is 0 Å². The van der Waals surface area contributed by atoms with Gasteiger partial charge in [0.2, 0.25) is 0 Å². The highest BCUT2D eigenvalue weighted by atomic mass is 127. The molecule has 0 radical (unpaired) electrons. The first-order chi connectivity index (χ1) is 9.92. The summed E-state index contributed by atoms with van der Waals surface area (Å²) in [5.74, 6) is 0.980. The van der Waals surface area contributed by atoms with Gasteiger partial charge in [0, 0.05) is 32.9 Å². The lowest BCUT2D eigenvalue weighted by Gasteiger charge is -2.22. The van der Waals surface area contributed by atoms with Crippen molar-refractivity contribution in [1.29, 1.82) is 0 Å². The standard InChI is InChI=1S/C15H25N3O2S.HI/c1-4-16-15(17-11-8-12-21(3,19)20)18(2)13-14-9-6-5-7-10-14;/h5-7,9-10H,4,8,11-13H2,1-3H3,(H,16,17);1H. The van der Waals surface area contributed by atoms with E-state index in [1.165, 1.54) is 11.8 Å². The van der Waals surface area contributed by atoms with Gasteiger partial charge in [0.15, 0.2) is 5.96 Å². The molecule has 0 spiro atoms. The fourth-order valence-electron chi connectivity index (χ4n) is 1.91. The number of nitrogens with one attached hydrogen (secondary N) is 1. The van der Waals surface area contributed by atoms with E-state index in [1.807, 2.05) is 37.1 Å². The summed E-state index contributed by atoms with van der Waals surface area (Å²) in [6, 6.07) is 10.2. The van der Waals surface area contributed by atoms with Gasteiger partial charge in [-0.05, 0) is 18.9 Å². The van der Waals surface area contributed by atoms with E-state index in [4.69, 9.17) is 0 Å². The number of sulfone groups is 1. The zero-order chi connectivity index (χ0) is 15.7. The molecule has 0 amide bonds. The molecule has 0 bridgehead atoms. The smallest absolute Gasteiger partial charge is 0.193 e. The van der Waals surface area contributed by atoms with Crippen LogP contribution in [0.4, 0.5) is 0 Å². The Hall–Kier alpha value is -0.830. The van der Waals surface area contributed by atoms with E-state index in [-0.39, 0.29) is 29.7 Å². The van der Waals surface area contributed by atoms with E-state index in [0.29, 0.717) is 13.0 Å². The van der Waals surface area contributed by atoms with Crippen LogP contribution in [0.1, 0.15) is 18.9 Å². The first-order valence-electron chi connectivity index (χ1n) is 7.13. The Bertz CT molecular complexity index is 547. The molecule has 126 valence electrons. The number of hydrogen-bond donors (Lipinski definition) is 1. The van der Waals surface area contributed by atoms with E-state index in [9.17, 15) is 8.42 Å². The van der Waals surface area contributed by atoms with Gasteiger partial charge < -0.3 is 10.2 Å². The average Bonchev–Trinajstić information content (AvgIpc) is 2.42. The molecular weight excluding hydrogens is 413 g/mol. The minimum absolute atomic E-state index is 0. The fourth-order valence-corrected chi connectivity index (χ4v) is 2.57. The summed E-state index contributed by atoms with van der Waals surface area (Å²) in [6.45, 7) is 4.07. The van der Waals surface area contributed by atoms with Crippen LogP contribution in [0.15, 0.2) is 35.3 Å². The van der Waals surface area contributed by atoms with Crippen LogP contribution in [0.5, 0.6) is 0 Å². The van der Waals surface area contributed by atoms with Crippen molar-refractivity contribution in [3.63, 3.8) is 0 Å². The van der Waals surface area contributed by atoms with Crippen molar-refractivity contribution in [1.82, 2.24) is 10.2 Å². The lowest BCUT2D eigenvalue weighted by atomic mass is 10.2. The van der Waals surface area contributed by atoms with Crippen LogP contribution in [-0.4, -0.2) is 51.4 Å². The third-order valence-corrected chi connectivity index (χ3v) is 3.92. The van der Waals surface area contributed by atoms with E-state index in [2.05, 4.69) is 22.4 Å². The normalized spacial score (nSPS) is 11.7. The quantitative estimate of drug-likeness (QED) is 0.306. The third-order valence-electron chi connectivity index (χ3n) is 2.89. The summed E-state index contributed by atoms with van der Waals surface area (Å²) in [6.07, 6.45) is 1.80. The number of rotatable bonds is 7. The highest BCUT2D eigenvalue weighted by Gasteiger charge is 2.06. The molecule has 5 nitrogen and oxygen atoms in total. The summed E-state index contributed by atoms with van der Waals surface area (Å²) < 4.78 is 22.2. The molecule has 1 aromatic rings. The average molecular weight is 439 g/mol. The van der Waals surface area contributed by atoms with Crippen LogP contribution in [0, 0.1) is 0 Å². The van der Waals surface area contributed by atoms with E-state index in [0.717, 1.165) is 19.0 Å². The Labute approximate surface area is 151 Å². The number of aliphatic imine (C=N–C) groups is 1. The molecule has 0 aliphatic carbocycles. The van der Waals surface area contributed by atoms with Crippen LogP contribution in [0.2, 0.25) is 0 Å². The van der Waals surface area contributed by atoms with Crippen molar-refractivity contribution < 1.29 is 8.42 Å². The summed E-state index contributed by atoms with van der Waals surface area (Å²) >= 11 is 0. The maximum Gasteiger partial charge on any atom is 0.193 e. The van der Waals surface area contributed by atoms with E-state index >= 15 is 0 Å². The Morgan fingerprint density at radius 2 is 1.91 bits per heavy atom. The zero-order valence-corrected chi connectivity index (χ0v) is 16.6. The van der Waals surface area contributed by atoms with Gasteiger partial charge in [-0.3, -0.25) is 4.99 Å². The number of halogens is 1. The van der Waals surface area contributed by atoms with Gasteiger partial charge in [0.25, 0.3) is 0 Å². The number of hydrogen-bond acceptors (Lipinski definition) is 3. The summed E-state index contributed by atoms with van der Waals surface area (Å²) in [5.41, 5.74) is 1.21. The van der Waals surface area contributed by atoms with Gasteiger partial charge >= 0.3 is 0 Å². The second-order valence-corrected chi connectivity index (χ2v) is 7.32. The first-order valence-corrected chi connectivity index (χ1v) is 9.19. The number of nitrogens with zero attached hydrogens (tertiary/aromatic N) is 2. The fraction of sp³-hybridized carbons (Fsp3) is 0.533. The Kier molecular flexibility index (Phi) is 10.4. The topological polar surface area (TPSA) is 61.8 Å². The Morgan fingerprint density at radius 3 is 2.45 bits per heavy atom. The maximum atomic E-state index is 11.1. The molecule has 0 atom stereocenters. The number of benzene rings is 1. The molecule has 1 N–H and O–H groups in total. The van der Waals surface area contributed by atoms with Crippen LogP contribution in [0.3, 0.4) is 0 Å². The predicted octanol–water partition coefficient (Wildman–Crippen LogP) is 2.14. The predicted molar refractivity (Wildman–Crippen MR) is 104 cm³/mol. The molecule has 0 unspecified atom stereocenters. The van der Waals surface area contributed by atoms with Gasteiger partial charge in [0.05, 0.1) is 5.75 Å². The van der Waals surface area contributed by atoms with Gasteiger partial charge in [0.1, 0.15) is 9.84 Å². The molecule has 1 rings (SSSR count). The maximum absolute atomic E-state index is 11.1. The van der Waals surface area contributed by atoms with Gasteiger partial charge in [-0.1, -0.05) is 30.3 Å². The highest BCUT2D eigenvalue weighted by molar-refractivity contribution is 14.0. The molecular formula is C15H26IN3O2S. The van der Waals surface area contributed by atoms with Crippen LogP contribution in [-0.2, 0) is 16.4 Å². The van der Waals surface area contributed by atoms with Crippen LogP contribution in [0.25, 0.3) is 0 Å². The Balaban J connectivity index is 0.00000441. The first kappa shape index (κ1) is 21.2. The van der Waals surface area contributed by atoms with Crippen LogP contribution < -0.4 is 5.32 Å². The summed E-state index contributed by atoms with van der Waals surface area (Å²) in [5, 5.41) is 3.23. The molecule has 22 heavy (non-hydrogen) atoms. The van der Waals surface area contributed by atoms with Gasteiger partial charge in [-0.25, -0.2) is 8.42 Å². The molecule has 0 heterocycles. The molecule has 0 aliphatic heterocycles. The summed E-state index contributed by atoms with van der Waals surface area (Å²) in [4.78, 5) is 6.52. The molecule has 1 aromatic carbocycles. The minimum Gasteiger partial charge on any atom is -0.357 e. The van der Waals surface area contributed by atoms with E-state index < -0.39 is 9.84 Å². The zero-order valence-electron chi connectivity index (χ0n) is 13.4.